The molecule has 0 spiro atoms. The number of hydrogen-bond donors (Lipinski definition) is 2. The van der Waals surface area contributed by atoms with Gasteiger partial charge in [-0.3, -0.25) is 14.7 Å². The van der Waals surface area contributed by atoms with Crippen LogP contribution in [0.3, 0.4) is 0 Å². The second-order valence-electron chi connectivity index (χ2n) is 7.92. The molecule has 1 aromatic carbocycles. The molecule has 2 saturated heterocycles. The number of carbonyl (C=O) groups is 1. The summed E-state index contributed by atoms with van der Waals surface area (Å²) in [6.07, 6.45) is 2.61. The Labute approximate surface area is 186 Å². The van der Waals surface area contributed by atoms with Gasteiger partial charge in [0.2, 0.25) is 5.91 Å². The molecule has 1 atom stereocenters. The van der Waals surface area contributed by atoms with Crippen LogP contribution in [0.2, 0.25) is 0 Å². The molecule has 0 radical (unpaired) electrons. The number of nitrogens with zero attached hydrogens (tertiary/aromatic N) is 3. The molecule has 2 aliphatic rings. The first-order valence-electron chi connectivity index (χ1n) is 11.5. The molecule has 31 heavy (non-hydrogen) atoms. The summed E-state index contributed by atoms with van der Waals surface area (Å²) in [4.78, 5) is 21.1. The van der Waals surface area contributed by atoms with E-state index in [0.717, 1.165) is 77.0 Å². The molecule has 172 valence electrons. The van der Waals surface area contributed by atoms with Crippen LogP contribution in [-0.4, -0.2) is 87.8 Å². The predicted octanol–water partition coefficient (Wildman–Crippen LogP) is 1.64. The van der Waals surface area contributed by atoms with Gasteiger partial charge in [-0.1, -0.05) is 12.1 Å². The monoisotopic (exact) mass is 431 g/mol. The van der Waals surface area contributed by atoms with Gasteiger partial charge in [-0.2, -0.15) is 0 Å². The summed E-state index contributed by atoms with van der Waals surface area (Å²) >= 11 is 0. The Morgan fingerprint density at radius 1 is 1.19 bits per heavy atom. The maximum absolute atomic E-state index is 11.8. The Morgan fingerprint density at radius 3 is 2.61 bits per heavy atom. The smallest absolute Gasteiger partial charge is 0.222 e. The van der Waals surface area contributed by atoms with Crippen LogP contribution in [0.4, 0.5) is 0 Å². The number of amides is 1. The first-order chi connectivity index (χ1) is 15.2. The van der Waals surface area contributed by atoms with E-state index in [9.17, 15) is 4.79 Å². The molecule has 3 rings (SSSR count). The zero-order valence-corrected chi connectivity index (χ0v) is 18.9. The number of methoxy groups -OCH3 is 1. The summed E-state index contributed by atoms with van der Waals surface area (Å²) in [7, 11) is 1.69. The average molecular weight is 432 g/mol. The Balaban J connectivity index is 1.59. The van der Waals surface area contributed by atoms with Crippen LogP contribution in [0.15, 0.2) is 29.3 Å². The van der Waals surface area contributed by atoms with Crippen molar-refractivity contribution >= 4 is 11.9 Å². The zero-order valence-electron chi connectivity index (χ0n) is 18.9. The molecule has 8 heteroatoms. The molecule has 1 aromatic rings. The highest BCUT2D eigenvalue weighted by Gasteiger charge is 2.23. The van der Waals surface area contributed by atoms with Gasteiger partial charge in [-0.25, -0.2) is 0 Å². The number of ether oxygens (including phenoxy) is 2. The van der Waals surface area contributed by atoms with Gasteiger partial charge in [0.1, 0.15) is 5.75 Å². The summed E-state index contributed by atoms with van der Waals surface area (Å²) in [5.74, 6) is 1.97. The van der Waals surface area contributed by atoms with Crippen molar-refractivity contribution < 1.29 is 14.3 Å². The lowest BCUT2D eigenvalue weighted by Gasteiger charge is -2.34. The number of likely N-dealkylation sites (tertiary alicyclic amines) is 1. The summed E-state index contributed by atoms with van der Waals surface area (Å²) in [6.45, 7) is 9.36. The molecule has 8 nitrogen and oxygen atoms in total. The first-order valence-corrected chi connectivity index (χ1v) is 11.5. The third-order valence-electron chi connectivity index (χ3n) is 5.82. The van der Waals surface area contributed by atoms with Crippen LogP contribution in [0.25, 0.3) is 0 Å². The predicted molar refractivity (Wildman–Crippen MR) is 123 cm³/mol. The van der Waals surface area contributed by atoms with E-state index >= 15 is 0 Å². The third-order valence-corrected chi connectivity index (χ3v) is 5.82. The molecular weight excluding hydrogens is 394 g/mol. The first kappa shape index (κ1) is 23.3. The third kappa shape index (κ3) is 7.11. The Bertz CT molecular complexity index is 704. The molecule has 1 unspecified atom stereocenters. The quantitative estimate of drug-likeness (QED) is 0.333. The molecule has 2 aliphatic heterocycles. The van der Waals surface area contributed by atoms with Gasteiger partial charge >= 0.3 is 0 Å². The van der Waals surface area contributed by atoms with E-state index in [4.69, 9.17) is 14.5 Å². The number of morpholine rings is 1. The standard InChI is InChI=1S/C23H37N5O3/c1-3-24-23(25-11-5-13-28-12-4-6-22(28)29)26-18-21(27-14-16-31-17-15-27)19-7-9-20(30-2)10-8-19/h7-10,21H,3-6,11-18H2,1-2H3,(H2,24,25,26). The fraction of sp³-hybridized carbons (Fsp3) is 0.652. The van der Waals surface area contributed by atoms with E-state index in [0.29, 0.717) is 13.0 Å². The molecule has 0 saturated carbocycles. The van der Waals surface area contributed by atoms with Crippen molar-refractivity contribution in [3.8, 4) is 5.75 Å². The zero-order chi connectivity index (χ0) is 21.9. The van der Waals surface area contributed by atoms with Crippen molar-refractivity contribution in [2.75, 3.05) is 66.1 Å². The SMILES string of the molecule is CCNC(=NCC(c1ccc(OC)cc1)N1CCOCC1)NCCCN1CCCC1=O. The number of hydrogen-bond acceptors (Lipinski definition) is 5. The van der Waals surface area contributed by atoms with Crippen LogP contribution in [0.1, 0.15) is 37.8 Å². The minimum Gasteiger partial charge on any atom is -0.497 e. The second kappa shape index (κ2) is 12.5. The van der Waals surface area contributed by atoms with Crippen molar-refractivity contribution in [1.29, 1.82) is 0 Å². The van der Waals surface area contributed by atoms with Gasteiger partial charge < -0.3 is 25.0 Å². The lowest BCUT2D eigenvalue weighted by atomic mass is 10.0. The summed E-state index contributed by atoms with van der Waals surface area (Å²) in [6, 6.07) is 8.46. The van der Waals surface area contributed by atoms with Crippen LogP contribution in [-0.2, 0) is 9.53 Å². The van der Waals surface area contributed by atoms with Crippen molar-refractivity contribution in [1.82, 2.24) is 20.4 Å². The summed E-state index contributed by atoms with van der Waals surface area (Å²) in [5, 5.41) is 6.77. The van der Waals surface area contributed by atoms with Crippen LogP contribution in [0, 0.1) is 0 Å². The molecule has 1 amide bonds. The highest BCUT2D eigenvalue weighted by atomic mass is 16.5. The van der Waals surface area contributed by atoms with Crippen molar-refractivity contribution in [2.24, 2.45) is 4.99 Å². The van der Waals surface area contributed by atoms with Crippen LogP contribution < -0.4 is 15.4 Å². The van der Waals surface area contributed by atoms with E-state index in [1.54, 1.807) is 7.11 Å². The second-order valence-corrected chi connectivity index (χ2v) is 7.92. The fourth-order valence-corrected chi connectivity index (χ4v) is 4.08. The van der Waals surface area contributed by atoms with Gasteiger partial charge in [-0.05, 0) is 37.5 Å². The van der Waals surface area contributed by atoms with Crippen molar-refractivity contribution in [3.05, 3.63) is 29.8 Å². The molecule has 2 N–H and O–H groups in total. The Kier molecular flexibility index (Phi) is 9.42. The minimum atomic E-state index is 0.187. The molecule has 2 heterocycles. The maximum Gasteiger partial charge on any atom is 0.222 e. The number of aliphatic imine (C=N–C) groups is 1. The maximum atomic E-state index is 11.8. The number of benzene rings is 1. The van der Waals surface area contributed by atoms with E-state index < -0.39 is 0 Å². The highest BCUT2D eigenvalue weighted by molar-refractivity contribution is 5.80. The van der Waals surface area contributed by atoms with E-state index in [1.807, 2.05) is 17.0 Å². The van der Waals surface area contributed by atoms with E-state index in [2.05, 4.69) is 34.6 Å². The van der Waals surface area contributed by atoms with Crippen molar-refractivity contribution in [3.63, 3.8) is 0 Å². The van der Waals surface area contributed by atoms with Gasteiger partial charge in [0.15, 0.2) is 5.96 Å². The molecule has 0 aromatic heterocycles. The summed E-state index contributed by atoms with van der Waals surface area (Å²) in [5.41, 5.74) is 1.23. The largest absolute Gasteiger partial charge is 0.497 e. The lowest BCUT2D eigenvalue weighted by Crippen LogP contribution is -2.42. The molecule has 2 fully saturated rings. The Hall–Kier alpha value is -2.32. The number of carbonyl (C=O) groups excluding carboxylic acids is 1. The van der Waals surface area contributed by atoms with Crippen LogP contribution in [0.5, 0.6) is 5.75 Å². The normalized spacial score (nSPS) is 18.8. The van der Waals surface area contributed by atoms with Gasteiger partial charge in [0.05, 0.1) is 32.9 Å². The number of guanidine groups is 1. The topological polar surface area (TPSA) is 78.4 Å². The molecular formula is C23H37N5O3. The van der Waals surface area contributed by atoms with Gasteiger partial charge in [0, 0.05) is 45.7 Å². The Morgan fingerprint density at radius 2 is 1.97 bits per heavy atom. The van der Waals surface area contributed by atoms with E-state index in [1.165, 1.54) is 5.56 Å². The van der Waals surface area contributed by atoms with Crippen molar-refractivity contribution in [2.45, 2.75) is 32.2 Å². The van der Waals surface area contributed by atoms with E-state index in [-0.39, 0.29) is 11.9 Å². The van der Waals surface area contributed by atoms with Gasteiger partial charge in [-0.15, -0.1) is 0 Å². The number of nitrogens with one attached hydrogen (secondary N) is 2. The highest BCUT2D eigenvalue weighted by Crippen LogP contribution is 2.24. The molecule has 0 bridgehead atoms. The minimum absolute atomic E-state index is 0.187. The average Bonchev–Trinajstić information content (AvgIpc) is 3.22. The lowest BCUT2D eigenvalue weighted by molar-refractivity contribution is -0.127. The van der Waals surface area contributed by atoms with Crippen LogP contribution >= 0.6 is 0 Å². The molecule has 0 aliphatic carbocycles. The number of rotatable bonds is 10. The fourth-order valence-electron chi connectivity index (χ4n) is 4.08. The summed E-state index contributed by atoms with van der Waals surface area (Å²) < 4.78 is 10.9. The van der Waals surface area contributed by atoms with Gasteiger partial charge in [0.25, 0.3) is 0 Å².